The zero-order chi connectivity index (χ0) is 32.6. The Kier molecular flexibility index (Phi) is 9.23. The quantitative estimate of drug-likeness (QED) is 0.301. The number of benzene rings is 2. The number of methoxy groups -OCH3 is 1. The van der Waals surface area contributed by atoms with Gasteiger partial charge in [-0.1, -0.05) is 0 Å². The van der Waals surface area contributed by atoms with E-state index in [0.717, 1.165) is 73.2 Å². The van der Waals surface area contributed by atoms with Gasteiger partial charge in [-0.15, -0.1) is 0 Å². The fourth-order valence-electron chi connectivity index (χ4n) is 7.21. The average Bonchev–Trinajstić information content (AvgIpc) is 3.40. The molecule has 2 saturated heterocycles. The lowest BCUT2D eigenvalue weighted by molar-refractivity contribution is -0.120. The van der Waals surface area contributed by atoms with E-state index in [4.69, 9.17) is 14.5 Å². The van der Waals surface area contributed by atoms with Crippen molar-refractivity contribution in [2.45, 2.75) is 108 Å². The van der Waals surface area contributed by atoms with Crippen LogP contribution in [0.3, 0.4) is 0 Å². The van der Waals surface area contributed by atoms with E-state index in [-0.39, 0.29) is 30.2 Å². The molecule has 2 amide bonds. The molecule has 1 atom stereocenters. The van der Waals surface area contributed by atoms with Crippen LogP contribution in [0.4, 0.5) is 25.0 Å². The highest BCUT2D eigenvalue weighted by Gasteiger charge is 2.37. The molecule has 0 spiro atoms. The summed E-state index contributed by atoms with van der Waals surface area (Å²) in [6.45, 7) is 6.86. The zero-order valence-corrected chi connectivity index (χ0v) is 27.2. The number of nitrogens with one attached hydrogen (secondary N) is 1. The molecule has 248 valence electrons. The summed E-state index contributed by atoms with van der Waals surface area (Å²) in [5.41, 5.74) is 2.58. The summed E-state index contributed by atoms with van der Waals surface area (Å²) in [5.74, 6) is -1.27. The molecule has 0 radical (unpaired) electrons. The third-order valence-corrected chi connectivity index (χ3v) is 9.50. The second-order valence-electron chi connectivity index (χ2n) is 13.9. The molecule has 3 heterocycles. The van der Waals surface area contributed by atoms with Crippen molar-refractivity contribution >= 4 is 34.4 Å². The Bertz CT molecular complexity index is 1570. The number of hydrogen-bond acceptors (Lipinski definition) is 6. The highest BCUT2D eigenvalue weighted by atomic mass is 19.2. The lowest BCUT2D eigenvalue weighted by Crippen LogP contribution is -2.44. The zero-order valence-electron chi connectivity index (χ0n) is 27.2. The first-order valence-electron chi connectivity index (χ1n) is 16.6. The molecule has 1 aliphatic carbocycles. The fraction of sp³-hybridized carbons (Fsp3) is 0.571. The predicted octanol–water partition coefficient (Wildman–Crippen LogP) is 7.51. The molecule has 1 saturated carbocycles. The van der Waals surface area contributed by atoms with Crippen LogP contribution in [0, 0.1) is 11.6 Å². The van der Waals surface area contributed by atoms with Gasteiger partial charge in [-0.2, -0.15) is 0 Å². The number of fused-ring (bicyclic) bond motifs is 1. The molecule has 2 aliphatic heterocycles. The molecule has 1 unspecified atom stereocenters. The minimum absolute atomic E-state index is 0.121. The van der Waals surface area contributed by atoms with Gasteiger partial charge in [0.15, 0.2) is 11.6 Å². The maximum atomic E-state index is 14.4. The molecule has 3 aromatic rings. The minimum Gasteiger partial charge on any atom is -0.444 e. The van der Waals surface area contributed by atoms with Gasteiger partial charge in [-0.3, -0.25) is 4.79 Å². The fourth-order valence-corrected chi connectivity index (χ4v) is 7.21. The Hall–Kier alpha value is -3.73. The van der Waals surface area contributed by atoms with Crippen LogP contribution in [-0.2, 0) is 14.3 Å². The highest BCUT2D eigenvalue weighted by molar-refractivity contribution is 5.95. The molecule has 9 nitrogen and oxygen atoms in total. The number of aromatic nitrogens is 2. The molecule has 46 heavy (non-hydrogen) atoms. The molecule has 1 aromatic heterocycles. The van der Waals surface area contributed by atoms with Crippen LogP contribution in [0.15, 0.2) is 36.4 Å². The minimum atomic E-state index is -0.978. The van der Waals surface area contributed by atoms with Gasteiger partial charge in [0.05, 0.1) is 23.2 Å². The van der Waals surface area contributed by atoms with Crippen molar-refractivity contribution in [3.05, 3.63) is 53.9 Å². The second-order valence-corrected chi connectivity index (χ2v) is 13.9. The Morgan fingerprint density at radius 3 is 2.37 bits per heavy atom. The summed E-state index contributed by atoms with van der Waals surface area (Å²) in [5, 5.41) is 3.65. The maximum Gasteiger partial charge on any atom is 0.410 e. The van der Waals surface area contributed by atoms with Gasteiger partial charge in [0.2, 0.25) is 5.91 Å². The lowest BCUT2D eigenvalue weighted by atomic mass is 9.92. The number of nitrogens with zero attached hydrogens (tertiary/aromatic N) is 4. The monoisotopic (exact) mass is 637 g/mol. The molecule has 3 fully saturated rings. The Labute approximate surface area is 269 Å². The van der Waals surface area contributed by atoms with Crippen LogP contribution in [0.25, 0.3) is 11.0 Å². The van der Waals surface area contributed by atoms with Crippen molar-refractivity contribution in [1.82, 2.24) is 14.5 Å². The largest absolute Gasteiger partial charge is 0.444 e. The number of piperidine rings is 2. The molecule has 1 N–H and O–H groups in total. The summed E-state index contributed by atoms with van der Waals surface area (Å²) >= 11 is 0. The summed E-state index contributed by atoms with van der Waals surface area (Å²) in [7, 11) is 1.76. The molecule has 11 heteroatoms. The van der Waals surface area contributed by atoms with Gasteiger partial charge < -0.3 is 29.2 Å². The van der Waals surface area contributed by atoms with Crippen molar-refractivity contribution < 1.29 is 27.8 Å². The molecule has 0 bridgehead atoms. The summed E-state index contributed by atoms with van der Waals surface area (Å²) in [6, 6.07) is 9.85. The van der Waals surface area contributed by atoms with E-state index in [2.05, 4.69) is 28.1 Å². The third-order valence-electron chi connectivity index (χ3n) is 9.50. The van der Waals surface area contributed by atoms with Crippen molar-refractivity contribution in [2.24, 2.45) is 0 Å². The molecule has 3 aliphatic rings. The standard InChI is InChI=1S/C35H45F2N5O4/c1-35(2,3)46-34(44)40-18-16-22(17-19-40)38-23-8-15-30-29(20-23)39-33(42(30)24-9-12-26(45-4)13-10-24)31-6-5-7-32(43)41(31)25-11-14-27(36)28(37)21-25/h8,11,14-15,20-22,24,26,31,38H,5-7,9-10,12-13,16-19H2,1-4H3. The van der Waals surface area contributed by atoms with Gasteiger partial charge in [-0.05, 0) is 102 Å². The third kappa shape index (κ3) is 6.84. The molecule has 6 rings (SSSR count). The first kappa shape index (κ1) is 32.2. The van der Waals surface area contributed by atoms with Crippen molar-refractivity contribution in [3.63, 3.8) is 0 Å². The van der Waals surface area contributed by atoms with E-state index in [1.54, 1.807) is 16.9 Å². The number of imidazole rings is 1. The van der Waals surface area contributed by atoms with E-state index in [1.165, 1.54) is 6.07 Å². The summed E-state index contributed by atoms with van der Waals surface area (Å²) in [6.07, 6.45) is 6.94. The van der Waals surface area contributed by atoms with Crippen molar-refractivity contribution in [1.29, 1.82) is 0 Å². The van der Waals surface area contributed by atoms with Gasteiger partial charge in [0.1, 0.15) is 11.4 Å². The number of halogens is 2. The number of amides is 2. The number of carbonyl (C=O) groups excluding carboxylic acids is 2. The van der Waals surface area contributed by atoms with Crippen molar-refractivity contribution in [2.75, 3.05) is 30.4 Å². The van der Waals surface area contributed by atoms with E-state index >= 15 is 0 Å². The lowest BCUT2D eigenvalue weighted by Gasteiger charge is -2.37. The highest BCUT2D eigenvalue weighted by Crippen LogP contribution is 2.41. The smallest absolute Gasteiger partial charge is 0.410 e. The number of carbonyl (C=O) groups is 2. The van der Waals surface area contributed by atoms with E-state index in [9.17, 15) is 18.4 Å². The van der Waals surface area contributed by atoms with Gasteiger partial charge >= 0.3 is 6.09 Å². The van der Waals surface area contributed by atoms with Crippen LogP contribution in [-0.4, -0.2) is 64.4 Å². The van der Waals surface area contributed by atoms with Gasteiger partial charge in [0, 0.05) is 56.1 Å². The topological polar surface area (TPSA) is 88.9 Å². The molecular weight excluding hydrogens is 592 g/mol. The van der Waals surface area contributed by atoms with E-state index in [1.807, 2.05) is 20.8 Å². The molecule has 2 aromatic carbocycles. The predicted molar refractivity (Wildman–Crippen MR) is 173 cm³/mol. The van der Waals surface area contributed by atoms with Crippen LogP contribution in [0.5, 0.6) is 0 Å². The second kappa shape index (κ2) is 13.2. The SMILES string of the molecule is COC1CCC(n2c(C3CCCC(=O)N3c3ccc(F)c(F)c3)nc3cc(NC4CCN(C(=O)OC(C)(C)C)CC4)ccc32)CC1. The van der Waals surface area contributed by atoms with Crippen LogP contribution >= 0.6 is 0 Å². The average molecular weight is 638 g/mol. The number of anilines is 2. The Morgan fingerprint density at radius 2 is 1.70 bits per heavy atom. The summed E-state index contributed by atoms with van der Waals surface area (Å²) < 4.78 is 41.7. The molecular formula is C35H45F2N5O4. The first-order valence-corrected chi connectivity index (χ1v) is 16.6. The van der Waals surface area contributed by atoms with E-state index in [0.29, 0.717) is 38.0 Å². The van der Waals surface area contributed by atoms with Crippen molar-refractivity contribution in [3.8, 4) is 0 Å². The van der Waals surface area contributed by atoms with Gasteiger partial charge in [-0.25, -0.2) is 18.6 Å². The normalized spacial score (nSPS) is 23.2. The number of rotatable bonds is 6. The number of hydrogen-bond donors (Lipinski definition) is 1. The number of likely N-dealkylation sites (tertiary alicyclic amines) is 1. The number of ether oxygens (including phenoxy) is 2. The maximum absolute atomic E-state index is 14.4. The van der Waals surface area contributed by atoms with Gasteiger partial charge in [0.25, 0.3) is 0 Å². The van der Waals surface area contributed by atoms with Crippen LogP contribution in [0.2, 0.25) is 0 Å². The summed E-state index contributed by atoms with van der Waals surface area (Å²) in [4.78, 5) is 34.5. The Balaban J connectivity index is 1.29. The van der Waals surface area contributed by atoms with Crippen LogP contribution < -0.4 is 10.2 Å². The van der Waals surface area contributed by atoms with E-state index < -0.39 is 23.3 Å². The Morgan fingerprint density at radius 1 is 0.957 bits per heavy atom. The first-order chi connectivity index (χ1) is 22.0. The van der Waals surface area contributed by atoms with Crippen LogP contribution in [0.1, 0.15) is 96.5 Å².